The number of halogens is 1. The standard InChI is InChI=1S/C18H28N4O2S.HI/c1-3-19-18(20-13-17-9-6-11-22(17)25(2,23)24)21-12-10-15-7-4-5-8-16(15)14-21;/h4-5,7-8,17H,3,6,9-14H2,1-2H3,(H,19,20);1H/t17-;/m1./s1. The summed E-state index contributed by atoms with van der Waals surface area (Å²) < 4.78 is 25.4. The maximum absolute atomic E-state index is 11.9. The summed E-state index contributed by atoms with van der Waals surface area (Å²) >= 11 is 0. The summed E-state index contributed by atoms with van der Waals surface area (Å²) in [6.07, 6.45) is 4.11. The minimum absolute atomic E-state index is 0. The fraction of sp³-hybridized carbons (Fsp3) is 0.611. The highest BCUT2D eigenvalue weighted by atomic mass is 127. The Labute approximate surface area is 174 Å². The molecule has 0 aliphatic carbocycles. The summed E-state index contributed by atoms with van der Waals surface area (Å²) in [5.41, 5.74) is 2.76. The molecule has 146 valence electrons. The largest absolute Gasteiger partial charge is 0.357 e. The fourth-order valence-electron chi connectivity index (χ4n) is 3.72. The maximum Gasteiger partial charge on any atom is 0.211 e. The summed E-state index contributed by atoms with van der Waals surface area (Å²) in [6.45, 7) is 5.79. The van der Waals surface area contributed by atoms with Crippen molar-refractivity contribution in [3.8, 4) is 0 Å². The van der Waals surface area contributed by atoms with Gasteiger partial charge in [0.25, 0.3) is 0 Å². The SMILES string of the molecule is CCNC(=NC[C@H]1CCCN1S(C)(=O)=O)N1CCc2ccccc2C1.I. The van der Waals surface area contributed by atoms with Gasteiger partial charge in [0, 0.05) is 32.2 Å². The van der Waals surface area contributed by atoms with E-state index in [1.807, 2.05) is 0 Å². The first-order valence-electron chi connectivity index (χ1n) is 9.06. The first-order valence-corrected chi connectivity index (χ1v) is 10.9. The highest BCUT2D eigenvalue weighted by Gasteiger charge is 2.31. The van der Waals surface area contributed by atoms with E-state index in [0.717, 1.165) is 44.9 Å². The van der Waals surface area contributed by atoms with Crippen molar-refractivity contribution in [1.82, 2.24) is 14.5 Å². The second-order valence-electron chi connectivity index (χ2n) is 6.80. The molecular weight excluding hydrogens is 463 g/mol. The van der Waals surface area contributed by atoms with Gasteiger partial charge in [-0.05, 0) is 37.3 Å². The van der Waals surface area contributed by atoms with Crippen LogP contribution in [0.5, 0.6) is 0 Å². The Morgan fingerprint density at radius 3 is 2.69 bits per heavy atom. The van der Waals surface area contributed by atoms with Gasteiger partial charge in [0.2, 0.25) is 10.0 Å². The third kappa shape index (κ3) is 5.10. The van der Waals surface area contributed by atoms with Crippen LogP contribution in [-0.4, -0.2) is 62.1 Å². The van der Waals surface area contributed by atoms with Gasteiger partial charge in [0.15, 0.2) is 5.96 Å². The molecule has 1 aromatic rings. The van der Waals surface area contributed by atoms with Crippen molar-refractivity contribution in [1.29, 1.82) is 0 Å². The van der Waals surface area contributed by atoms with Crippen molar-refractivity contribution >= 4 is 40.0 Å². The number of aliphatic imine (C=N–C) groups is 1. The van der Waals surface area contributed by atoms with Gasteiger partial charge < -0.3 is 10.2 Å². The number of guanidine groups is 1. The quantitative estimate of drug-likeness (QED) is 0.397. The van der Waals surface area contributed by atoms with Crippen LogP contribution in [0.15, 0.2) is 29.3 Å². The van der Waals surface area contributed by atoms with Crippen molar-refractivity contribution < 1.29 is 8.42 Å². The molecule has 6 nitrogen and oxygen atoms in total. The van der Waals surface area contributed by atoms with Gasteiger partial charge in [0.1, 0.15) is 0 Å². The van der Waals surface area contributed by atoms with E-state index in [1.165, 1.54) is 17.4 Å². The molecule has 26 heavy (non-hydrogen) atoms. The van der Waals surface area contributed by atoms with E-state index in [-0.39, 0.29) is 30.0 Å². The number of sulfonamides is 1. The molecule has 0 saturated carbocycles. The smallest absolute Gasteiger partial charge is 0.211 e. The summed E-state index contributed by atoms with van der Waals surface area (Å²) in [4.78, 5) is 7.05. The van der Waals surface area contributed by atoms with Gasteiger partial charge in [-0.25, -0.2) is 8.42 Å². The van der Waals surface area contributed by atoms with Gasteiger partial charge in [-0.1, -0.05) is 24.3 Å². The predicted molar refractivity (Wildman–Crippen MR) is 117 cm³/mol. The highest BCUT2D eigenvalue weighted by molar-refractivity contribution is 14.0. The van der Waals surface area contributed by atoms with Gasteiger partial charge in [-0.2, -0.15) is 4.31 Å². The molecule has 0 aromatic heterocycles. The Morgan fingerprint density at radius 1 is 1.27 bits per heavy atom. The van der Waals surface area contributed by atoms with E-state index in [1.54, 1.807) is 4.31 Å². The lowest BCUT2D eigenvalue weighted by atomic mass is 10.0. The summed E-state index contributed by atoms with van der Waals surface area (Å²) in [7, 11) is -3.15. The molecule has 2 aliphatic heterocycles. The molecule has 1 N–H and O–H groups in total. The minimum Gasteiger partial charge on any atom is -0.357 e. The molecule has 0 unspecified atom stereocenters. The van der Waals surface area contributed by atoms with E-state index >= 15 is 0 Å². The van der Waals surface area contributed by atoms with Crippen LogP contribution < -0.4 is 5.32 Å². The lowest BCUT2D eigenvalue weighted by molar-refractivity contribution is 0.369. The Kier molecular flexibility index (Phi) is 7.72. The van der Waals surface area contributed by atoms with Gasteiger partial charge in [-0.15, -0.1) is 24.0 Å². The van der Waals surface area contributed by atoms with E-state index in [9.17, 15) is 8.42 Å². The lowest BCUT2D eigenvalue weighted by Crippen LogP contribution is -2.45. The zero-order valence-electron chi connectivity index (χ0n) is 15.5. The van der Waals surface area contributed by atoms with Crippen molar-refractivity contribution in [2.45, 2.75) is 38.8 Å². The summed E-state index contributed by atoms with van der Waals surface area (Å²) in [5.74, 6) is 0.886. The zero-order valence-corrected chi connectivity index (χ0v) is 18.7. The second-order valence-corrected chi connectivity index (χ2v) is 8.74. The number of nitrogens with one attached hydrogen (secondary N) is 1. The molecule has 1 fully saturated rings. The fourth-order valence-corrected chi connectivity index (χ4v) is 4.90. The van der Waals surface area contributed by atoms with Gasteiger partial charge in [0.05, 0.1) is 12.8 Å². The van der Waals surface area contributed by atoms with Crippen molar-refractivity contribution in [2.75, 3.05) is 32.4 Å². The number of fused-ring (bicyclic) bond motifs is 1. The summed E-state index contributed by atoms with van der Waals surface area (Å²) in [6, 6.07) is 8.52. The molecule has 1 atom stereocenters. The predicted octanol–water partition coefficient (Wildman–Crippen LogP) is 2.05. The molecule has 0 bridgehead atoms. The van der Waals surface area contributed by atoms with Crippen LogP contribution in [0, 0.1) is 0 Å². The number of nitrogens with zero attached hydrogens (tertiary/aromatic N) is 3. The van der Waals surface area contributed by atoms with Crippen molar-refractivity contribution in [3.05, 3.63) is 35.4 Å². The molecule has 2 heterocycles. The first kappa shape index (κ1) is 21.4. The summed E-state index contributed by atoms with van der Waals surface area (Å²) in [5, 5.41) is 3.37. The molecule has 0 spiro atoms. The second kappa shape index (κ2) is 9.36. The van der Waals surface area contributed by atoms with Crippen LogP contribution in [0.3, 0.4) is 0 Å². The lowest BCUT2D eigenvalue weighted by Gasteiger charge is -2.32. The number of rotatable bonds is 4. The van der Waals surface area contributed by atoms with Crippen molar-refractivity contribution in [3.63, 3.8) is 0 Å². The molecule has 8 heteroatoms. The third-order valence-electron chi connectivity index (χ3n) is 4.97. The van der Waals surface area contributed by atoms with Gasteiger partial charge in [-0.3, -0.25) is 4.99 Å². The maximum atomic E-state index is 11.9. The Balaban J connectivity index is 0.00000243. The molecular formula is C18H29IN4O2S. The Hall–Kier alpha value is -0.870. The van der Waals surface area contributed by atoms with E-state index < -0.39 is 10.0 Å². The average Bonchev–Trinajstić information content (AvgIpc) is 3.07. The molecule has 1 saturated heterocycles. The average molecular weight is 492 g/mol. The Bertz CT molecular complexity index is 738. The van der Waals surface area contributed by atoms with Crippen LogP contribution >= 0.6 is 24.0 Å². The molecule has 2 aliphatic rings. The molecule has 0 radical (unpaired) electrons. The third-order valence-corrected chi connectivity index (χ3v) is 6.30. The molecule has 0 amide bonds. The van der Waals surface area contributed by atoms with Crippen LogP contribution in [0.2, 0.25) is 0 Å². The topological polar surface area (TPSA) is 65.0 Å². The minimum atomic E-state index is -3.15. The van der Waals surface area contributed by atoms with Crippen LogP contribution in [0.25, 0.3) is 0 Å². The molecule has 1 aromatic carbocycles. The monoisotopic (exact) mass is 492 g/mol. The van der Waals surface area contributed by atoms with E-state index in [4.69, 9.17) is 4.99 Å². The number of benzene rings is 1. The van der Waals surface area contributed by atoms with Gasteiger partial charge >= 0.3 is 0 Å². The number of hydrogen-bond donors (Lipinski definition) is 1. The number of hydrogen-bond acceptors (Lipinski definition) is 3. The molecule has 3 rings (SSSR count). The zero-order chi connectivity index (χ0) is 17.9. The van der Waals surface area contributed by atoms with Crippen LogP contribution in [0.1, 0.15) is 30.9 Å². The van der Waals surface area contributed by atoms with Crippen LogP contribution in [0.4, 0.5) is 0 Å². The van der Waals surface area contributed by atoms with Crippen LogP contribution in [-0.2, 0) is 23.0 Å². The highest BCUT2D eigenvalue weighted by Crippen LogP contribution is 2.21. The van der Waals surface area contributed by atoms with Crippen molar-refractivity contribution in [2.24, 2.45) is 4.99 Å². The first-order chi connectivity index (χ1) is 12.0. The normalized spacial score (nSPS) is 21.2. The van der Waals surface area contributed by atoms with E-state index in [2.05, 4.69) is 41.4 Å². The Morgan fingerprint density at radius 2 is 2.00 bits per heavy atom. The van der Waals surface area contributed by atoms with E-state index in [0.29, 0.717) is 13.1 Å².